The topological polar surface area (TPSA) is 15.3 Å². The Hall–Kier alpha value is -1.18. The first-order chi connectivity index (χ1) is 7.18. The van der Waals surface area contributed by atoms with E-state index in [1.54, 1.807) is 0 Å². The van der Waals surface area contributed by atoms with Crippen molar-refractivity contribution in [2.24, 2.45) is 0 Å². The average molecular weight is 204 g/mol. The van der Waals surface area contributed by atoms with Gasteiger partial charge in [0.05, 0.1) is 0 Å². The van der Waals surface area contributed by atoms with Crippen LogP contribution in [0.3, 0.4) is 0 Å². The molecule has 1 aromatic rings. The van der Waals surface area contributed by atoms with Crippen molar-refractivity contribution in [1.29, 1.82) is 0 Å². The smallest absolute Gasteiger partial charge is 0.0411 e. The van der Waals surface area contributed by atoms with E-state index < -0.39 is 0 Å². The molecule has 0 atom stereocenters. The first kappa shape index (κ1) is 10.3. The lowest BCUT2D eigenvalue weighted by Crippen LogP contribution is -2.27. The predicted molar refractivity (Wildman–Crippen MR) is 66.8 cm³/mol. The molecule has 0 radical (unpaired) electrons. The van der Waals surface area contributed by atoms with Crippen LogP contribution >= 0.6 is 0 Å². The lowest BCUT2D eigenvalue weighted by molar-refractivity contribution is 0.445. The summed E-state index contributed by atoms with van der Waals surface area (Å²) in [6.07, 6.45) is 4.03. The van der Waals surface area contributed by atoms with Crippen molar-refractivity contribution in [3.05, 3.63) is 23.8 Å². The second-order valence-electron chi connectivity index (χ2n) is 4.62. The molecule has 0 bridgehead atoms. The number of rotatable bonds is 3. The highest BCUT2D eigenvalue weighted by atomic mass is 15.1. The minimum Gasteiger partial charge on any atom is -0.382 e. The maximum absolute atomic E-state index is 3.62. The highest BCUT2D eigenvalue weighted by molar-refractivity contribution is 5.65. The van der Waals surface area contributed by atoms with Crippen molar-refractivity contribution < 1.29 is 0 Å². The lowest BCUT2D eigenvalue weighted by Gasteiger charge is -2.29. The summed E-state index contributed by atoms with van der Waals surface area (Å²) in [6, 6.07) is 7.19. The minimum atomic E-state index is 0.709. The van der Waals surface area contributed by atoms with Crippen molar-refractivity contribution in [3.63, 3.8) is 0 Å². The first-order valence-electron chi connectivity index (χ1n) is 5.72. The quantitative estimate of drug-likeness (QED) is 0.814. The van der Waals surface area contributed by atoms with Gasteiger partial charge in [-0.3, -0.25) is 0 Å². The molecule has 2 heteroatoms. The zero-order valence-corrected chi connectivity index (χ0v) is 9.88. The molecule has 1 saturated carbocycles. The Labute approximate surface area is 92.3 Å². The fraction of sp³-hybridized carbons (Fsp3) is 0.538. The molecule has 1 N–H and O–H groups in total. The molecule has 1 fully saturated rings. The standard InChI is InChI=1S/C13H20N2/c1-10-12(14-11-6-4-7-11)8-5-9-13(10)15(2)3/h5,8-9,11,14H,4,6-7H2,1-3H3. The van der Waals surface area contributed by atoms with Crippen LogP contribution in [0.1, 0.15) is 24.8 Å². The van der Waals surface area contributed by atoms with Crippen LogP contribution in [0, 0.1) is 6.92 Å². The normalized spacial score (nSPS) is 15.9. The minimum absolute atomic E-state index is 0.709. The van der Waals surface area contributed by atoms with Crippen molar-refractivity contribution in [2.75, 3.05) is 24.3 Å². The van der Waals surface area contributed by atoms with E-state index in [-0.39, 0.29) is 0 Å². The summed E-state index contributed by atoms with van der Waals surface area (Å²) in [6.45, 7) is 2.19. The molecule has 2 nitrogen and oxygen atoms in total. The first-order valence-corrected chi connectivity index (χ1v) is 5.72. The molecule has 0 spiro atoms. The molecular formula is C13H20N2. The Kier molecular flexibility index (Phi) is 2.85. The van der Waals surface area contributed by atoms with Crippen LogP contribution in [0.5, 0.6) is 0 Å². The molecule has 0 unspecified atom stereocenters. The van der Waals surface area contributed by atoms with E-state index >= 15 is 0 Å². The Morgan fingerprint density at radius 1 is 1.27 bits per heavy atom. The molecule has 0 aliphatic heterocycles. The molecule has 0 heterocycles. The van der Waals surface area contributed by atoms with E-state index in [9.17, 15) is 0 Å². The maximum Gasteiger partial charge on any atom is 0.0411 e. The monoisotopic (exact) mass is 204 g/mol. The number of hydrogen-bond donors (Lipinski definition) is 1. The summed E-state index contributed by atoms with van der Waals surface area (Å²) in [5.41, 5.74) is 3.96. The molecular weight excluding hydrogens is 184 g/mol. The van der Waals surface area contributed by atoms with Gasteiger partial charge in [0.15, 0.2) is 0 Å². The summed E-state index contributed by atoms with van der Waals surface area (Å²) >= 11 is 0. The Bertz CT molecular complexity index is 340. The SMILES string of the molecule is Cc1c(NC2CCC2)cccc1N(C)C. The molecule has 82 valence electrons. The molecule has 0 aromatic heterocycles. The van der Waals surface area contributed by atoms with Gasteiger partial charge in [0, 0.05) is 31.5 Å². The second kappa shape index (κ2) is 4.13. The maximum atomic E-state index is 3.62. The third-order valence-corrected chi connectivity index (χ3v) is 3.25. The number of hydrogen-bond acceptors (Lipinski definition) is 2. The van der Waals surface area contributed by atoms with E-state index in [1.165, 1.54) is 36.2 Å². The van der Waals surface area contributed by atoms with Gasteiger partial charge in [-0.2, -0.15) is 0 Å². The van der Waals surface area contributed by atoms with Crippen molar-refractivity contribution in [2.45, 2.75) is 32.2 Å². The molecule has 1 aliphatic rings. The van der Waals surface area contributed by atoms with Gasteiger partial charge >= 0.3 is 0 Å². The van der Waals surface area contributed by atoms with E-state index in [0.717, 1.165) is 0 Å². The van der Waals surface area contributed by atoms with Crippen LogP contribution in [-0.4, -0.2) is 20.1 Å². The number of nitrogens with one attached hydrogen (secondary N) is 1. The van der Waals surface area contributed by atoms with E-state index in [4.69, 9.17) is 0 Å². The lowest BCUT2D eigenvalue weighted by atomic mass is 9.92. The highest BCUT2D eigenvalue weighted by Gasteiger charge is 2.18. The number of nitrogens with zero attached hydrogens (tertiary/aromatic N) is 1. The summed E-state index contributed by atoms with van der Waals surface area (Å²) in [7, 11) is 4.19. The largest absolute Gasteiger partial charge is 0.382 e. The zero-order chi connectivity index (χ0) is 10.8. The number of benzene rings is 1. The molecule has 0 amide bonds. The average Bonchev–Trinajstić information content (AvgIpc) is 2.13. The van der Waals surface area contributed by atoms with Crippen LogP contribution in [0.2, 0.25) is 0 Å². The molecule has 15 heavy (non-hydrogen) atoms. The van der Waals surface area contributed by atoms with Crippen molar-refractivity contribution >= 4 is 11.4 Å². The van der Waals surface area contributed by atoms with E-state index in [0.29, 0.717) is 6.04 Å². The Morgan fingerprint density at radius 2 is 2.00 bits per heavy atom. The van der Waals surface area contributed by atoms with Crippen LogP contribution < -0.4 is 10.2 Å². The van der Waals surface area contributed by atoms with E-state index in [1.807, 2.05) is 0 Å². The molecule has 2 rings (SSSR count). The predicted octanol–water partition coefficient (Wildman–Crippen LogP) is 3.03. The summed E-state index contributed by atoms with van der Waals surface area (Å²) in [5, 5.41) is 3.62. The summed E-state index contributed by atoms with van der Waals surface area (Å²) in [4.78, 5) is 2.17. The highest BCUT2D eigenvalue weighted by Crippen LogP contribution is 2.29. The van der Waals surface area contributed by atoms with Crippen LogP contribution in [0.15, 0.2) is 18.2 Å². The third-order valence-electron chi connectivity index (χ3n) is 3.25. The van der Waals surface area contributed by atoms with Gasteiger partial charge < -0.3 is 10.2 Å². The fourth-order valence-electron chi connectivity index (χ4n) is 2.04. The Balaban J connectivity index is 2.19. The van der Waals surface area contributed by atoms with Gasteiger partial charge in [0.1, 0.15) is 0 Å². The summed E-state index contributed by atoms with van der Waals surface area (Å²) < 4.78 is 0. The van der Waals surface area contributed by atoms with Gasteiger partial charge in [-0.15, -0.1) is 0 Å². The fourth-order valence-corrected chi connectivity index (χ4v) is 2.04. The van der Waals surface area contributed by atoms with Gasteiger partial charge in [-0.25, -0.2) is 0 Å². The van der Waals surface area contributed by atoms with Crippen LogP contribution in [-0.2, 0) is 0 Å². The molecule has 0 saturated heterocycles. The number of anilines is 2. The van der Waals surface area contributed by atoms with Gasteiger partial charge in [0.25, 0.3) is 0 Å². The van der Waals surface area contributed by atoms with Crippen LogP contribution in [0.25, 0.3) is 0 Å². The molecule has 1 aliphatic carbocycles. The second-order valence-corrected chi connectivity index (χ2v) is 4.62. The van der Waals surface area contributed by atoms with Gasteiger partial charge in [-0.1, -0.05) is 6.07 Å². The zero-order valence-electron chi connectivity index (χ0n) is 9.88. The van der Waals surface area contributed by atoms with E-state index in [2.05, 4.69) is 49.4 Å². The Morgan fingerprint density at radius 3 is 2.53 bits per heavy atom. The van der Waals surface area contributed by atoms with Crippen LogP contribution in [0.4, 0.5) is 11.4 Å². The molecule has 1 aromatic carbocycles. The van der Waals surface area contributed by atoms with Gasteiger partial charge in [0.2, 0.25) is 0 Å². The third kappa shape index (κ3) is 2.09. The van der Waals surface area contributed by atoms with Crippen molar-refractivity contribution in [3.8, 4) is 0 Å². The van der Waals surface area contributed by atoms with Crippen molar-refractivity contribution in [1.82, 2.24) is 0 Å². The van der Waals surface area contributed by atoms with Gasteiger partial charge in [-0.05, 0) is 43.9 Å². The summed E-state index contributed by atoms with van der Waals surface area (Å²) in [5.74, 6) is 0.